The van der Waals surface area contributed by atoms with Gasteiger partial charge in [0.25, 0.3) is 0 Å². The maximum Gasteiger partial charge on any atom is 0.227 e. The first-order valence-corrected chi connectivity index (χ1v) is 5.56. The van der Waals surface area contributed by atoms with Gasteiger partial charge < -0.3 is 15.1 Å². The van der Waals surface area contributed by atoms with Crippen LogP contribution in [0.5, 0.6) is 0 Å². The van der Waals surface area contributed by atoms with Gasteiger partial charge in [0.2, 0.25) is 5.91 Å². The SMILES string of the molecule is O=C(Cc1c(F)cccc1F)N1CC(O)C(O)C1. The van der Waals surface area contributed by atoms with Crippen molar-refractivity contribution in [1.82, 2.24) is 4.90 Å². The molecule has 1 saturated heterocycles. The Morgan fingerprint density at radius 2 is 1.72 bits per heavy atom. The number of nitrogens with zero attached hydrogens (tertiary/aromatic N) is 1. The van der Waals surface area contributed by atoms with Crippen LogP contribution in [0.4, 0.5) is 8.78 Å². The Hall–Kier alpha value is -1.53. The summed E-state index contributed by atoms with van der Waals surface area (Å²) in [5, 5.41) is 18.6. The molecular formula is C12H13F2NO3. The molecule has 0 aliphatic carbocycles. The maximum atomic E-state index is 13.3. The van der Waals surface area contributed by atoms with Crippen LogP contribution in [0, 0.1) is 11.6 Å². The second kappa shape index (κ2) is 4.99. The van der Waals surface area contributed by atoms with Gasteiger partial charge in [0.15, 0.2) is 0 Å². The normalized spacial score (nSPS) is 23.4. The number of hydrogen-bond donors (Lipinski definition) is 2. The van der Waals surface area contributed by atoms with Gasteiger partial charge in [-0.3, -0.25) is 4.79 Å². The number of β-amino-alcohol motifs (C(OH)–C–C–N with tert-alkyl or cyclic N) is 2. The average molecular weight is 257 g/mol. The Labute approximate surface area is 102 Å². The van der Waals surface area contributed by atoms with Crippen molar-refractivity contribution in [3.05, 3.63) is 35.4 Å². The third-order valence-corrected chi connectivity index (χ3v) is 3.00. The molecule has 1 aromatic rings. The Morgan fingerprint density at radius 3 is 2.22 bits per heavy atom. The third kappa shape index (κ3) is 2.49. The van der Waals surface area contributed by atoms with Gasteiger partial charge in [-0.1, -0.05) is 6.07 Å². The zero-order chi connectivity index (χ0) is 13.3. The number of likely N-dealkylation sites (tertiary alicyclic amines) is 1. The van der Waals surface area contributed by atoms with E-state index in [2.05, 4.69) is 0 Å². The number of aliphatic hydroxyl groups is 2. The van der Waals surface area contributed by atoms with E-state index in [0.717, 1.165) is 12.1 Å². The zero-order valence-corrected chi connectivity index (χ0v) is 9.51. The molecule has 0 saturated carbocycles. The van der Waals surface area contributed by atoms with Crippen molar-refractivity contribution in [1.29, 1.82) is 0 Å². The molecule has 98 valence electrons. The lowest BCUT2D eigenvalue weighted by atomic mass is 10.1. The Kier molecular flexibility index (Phi) is 3.58. The van der Waals surface area contributed by atoms with Crippen molar-refractivity contribution in [2.75, 3.05) is 13.1 Å². The van der Waals surface area contributed by atoms with E-state index in [1.54, 1.807) is 0 Å². The third-order valence-electron chi connectivity index (χ3n) is 3.00. The summed E-state index contributed by atoms with van der Waals surface area (Å²) in [6, 6.07) is 3.39. The van der Waals surface area contributed by atoms with Gasteiger partial charge in [-0.25, -0.2) is 8.78 Å². The van der Waals surface area contributed by atoms with Crippen molar-refractivity contribution >= 4 is 5.91 Å². The summed E-state index contributed by atoms with van der Waals surface area (Å²) in [5.74, 6) is -2.07. The number of rotatable bonds is 2. The molecule has 6 heteroatoms. The minimum atomic E-state index is -1.00. The van der Waals surface area contributed by atoms with Gasteiger partial charge >= 0.3 is 0 Å². The fraction of sp³-hybridized carbons (Fsp3) is 0.417. The molecule has 18 heavy (non-hydrogen) atoms. The predicted octanol–water partition coefficient (Wildman–Crippen LogP) is 0.0713. The molecular weight excluding hydrogens is 244 g/mol. The van der Waals surface area contributed by atoms with Crippen LogP contribution >= 0.6 is 0 Å². The van der Waals surface area contributed by atoms with Crippen LogP contribution < -0.4 is 0 Å². The Morgan fingerprint density at radius 1 is 1.22 bits per heavy atom. The summed E-state index contributed by atoms with van der Waals surface area (Å²) in [6.45, 7) is -0.0356. The highest BCUT2D eigenvalue weighted by Crippen LogP contribution is 2.16. The topological polar surface area (TPSA) is 60.8 Å². The average Bonchev–Trinajstić information content (AvgIpc) is 2.64. The first-order chi connectivity index (χ1) is 8.49. The number of carbonyl (C=O) groups is 1. The molecule has 1 fully saturated rings. The lowest BCUT2D eigenvalue weighted by Crippen LogP contribution is -2.31. The Balaban J connectivity index is 2.08. The lowest BCUT2D eigenvalue weighted by molar-refractivity contribution is -0.130. The number of hydrogen-bond acceptors (Lipinski definition) is 3. The monoisotopic (exact) mass is 257 g/mol. The molecule has 0 aromatic heterocycles. The molecule has 4 nitrogen and oxygen atoms in total. The fourth-order valence-electron chi connectivity index (χ4n) is 1.94. The minimum Gasteiger partial charge on any atom is -0.388 e. The number of amides is 1. The molecule has 0 radical (unpaired) electrons. The molecule has 2 atom stereocenters. The van der Waals surface area contributed by atoms with Crippen LogP contribution in [0.25, 0.3) is 0 Å². The summed E-state index contributed by atoms with van der Waals surface area (Å²) in [4.78, 5) is 13.0. The first-order valence-electron chi connectivity index (χ1n) is 5.56. The van der Waals surface area contributed by atoms with E-state index in [1.807, 2.05) is 0 Å². The summed E-state index contributed by atoms with van der Waals surface area (Å²) in [6.07, 6.45) is -2.42. The van der Waals surface area contributed by atoms with Gasteiger partial charge in [0, 0.05) is 18.7 Å². The number of halogens is 2. The Bertz CT molecular complexity index is 436. The van der Waals surface area contributed by atoms with E-state index in [0.29, 0.717) is 0 Å². The smallest absolute Gasteiger partial charge is 0.227 e. The van der Waals surface area contributed by atoms with Crippen molar-refractivity contribution < 1.29 is 23.8 Å². The standard InChI is InChI=1S/C12H13F2NO3/c13-8-2-1-3-9(14)7(8)4-12(18)15-5-10(16)11(17)6-15/h1-3,10-11,16-17H,4-6H2. The first kappa shape index (κ1) is 12.9. The lowest BCUT2D eigenvalue weighted by Gasteiger charge is -2.15. The summed E-state index contributed by atoms with van der Waals surface area (Å²) in [5.41, 5.74) is -0.293. The maximum absolute atomic E-state index is 13.3. The van der Waals surface area contributed by atoms with E-state index in [4.69, 9.17) is 0 Å². The quantitative estimate of drug-likeness (QED) is 0.788. The highest BCUT2D eigenvalue weighted by Gasteiger charge is 2.32. The van der Waals surface area contributed by atoms with Gasteiger partial charge in [-0.2, -0.15) is 0 Å². The van der Waals surface area contributed by atoms with Crippen LogP contribution in [0.2, 0.25) is 0 Å². The largest absolute Gasteiger partial charge is 0.388 e. The predicted molar refractivity (Wildman–Crippen MR) is 58.7 cm³/mol. The molecule has 0 spiro atoms. The van der Waals surface area contributed by atoms with Crippen molar-refractivity contribution in [3.63, 3.8) is 0 Å². The second-order valence-electron chi connectivity index (χ2n) is 4.31. The number of benzene rings is 1. The van der Waals surface area contributed by atoms with Crippen LogP contribution in [0.3, 0.4) is 0 Å². The van der Waals surface area contributed by atoms with E-state index < -0.39 is 36.2 Å². The van der Waals surface area contributed by atoms with Crippen LogP contribution in [-0.4, -0.2) is 46.3 Å². The summed E-state index contributed by atoms with van der Waals surface area (Å²) >= 11 is 0. The van der Waals surface area contributed by atoms with Crippen molar-refractivity contribution in [2.45, 2.75) is 18.6 Å². The molecule has 0 bridgehead atoms. The molecule has 2 N–H and O–H groups in total. The number of aliphatic hydroxyl groups excluding tert-OH is 2. The molecule has 1 amide bonds. The number of carbonyl (C=O) groups excluding carboxylic acids is 1. The molecule has 1 aliphatic rings. The fourth-order valence-corrected chi connectivity index (χ4v) is 1.94. The van der Waals surface area contributed by atoms with Crippen molar-refractivity contribution in [3.8, 4) is 0 Å². The van der Waals surface area contributed by atoms with Gasteiger partial charge in [-0.15, -0.1) is 0 Å². The highest BCUT2D eigenvalue weighted by molar-refractivity contribution is 5.79. The molecule has 1 aliphatic heterocycles. The highest BCUT2D eigenvalue weighted by atomic mass is 19.1. The molecule has 2 unspecified atom stereocenters. The van der Waals surface area contributed by atoms with E-state index in [1.165, 1.54) is 11.0 Å². The molecule has 2 rings (SSSR count). The van der Waals surface area contributed by atoms with Gasteiger partial charge in [0.05, 0.1) is 18.6 Å². The molecule has 1 heterocycles. The van der Waals surface area contributed by atoms with Gasteiger partial charge in [-0.05, 0) is 12.1 Å². The van der Waals surface area contributed by atoms with Crippen LogP contribution in [0.1, 0.15) is 5.56 Å². The van der Waals surface area contributed by atoms with Crippen LogP contribution in [0.15, 0.2) is 18.2 Å². The van der Waals surface area contributed by atoms with Crippen molar-refractivity contribution in [2.24, 2.45) is 0 Å². The minimum absolute atomic E-state index is 0.0178. The van der Waals surface area contributed by atoms with E-state index >= 15 is 0 Å². The van der Waals surface area contributed by atoms with E-state index in [-0.39, 0.29) is 18.7 Å². The van der Waals surface area contributed by atoms with Crippen LogP contribution in [-0.2, 0) is 11.2 Å². The zero-order valence-electron chi connectivity index (χ0n) is 9.51. The summed E-state index contributed by atoms with van der Waals surface area (Å²) < 4.78 is 26.7. The molecule has 1 aromatic carbocycles. The second-order valence-corrected chi connectivity index (χ2v) is 4.31. The summed E-state index contributed by atoms with van der Waals surface area (Å²) in [7, 11) is 0. The van der Waals surface area contributed by atoms with E-state index in [9.17, 15) is 23.8 Å². The van der Waals surface area contributed by atoms with Gasteiger partial charge in [0.1, 0.15) is 11.6 Å².